The van der Waals surface area contributed by atoms with Crippen molar-refractivity contribution in [3.63, 3.8) is 0 Å². The summed E-state index contributed by atoms with van der Waals surface area (Å²) in [4.78, 5) is 2.43. The molecule has 0 saturated carbocycles. The monoisotopic (exact) mass is 236 g/mol. The van der Waals surface area contributed by atoms with Crippen LogP contribution in [0.4, 0.5) is 5.69 Å². The summed E-state index contributed by atoms with van der Waals surface area (Å²) in [5.41, 5.74) is 3.39. The lowest BCUT2D eigenvalue weighted by molar-refractivity contribution is 0.197. The van der Waals surface area contributed by atoms with Crippen LogP contribution in [0, 0.1) is 19.8 Å². The molecule has 2 atom stereocenters. The largest absolute Gasteiger partial charge is 0.379 e. The van der Waals surface area contributed by atoms with Crippen LogP contribution in [-0.4, -0.2) is 41.3 Å². The standard InChI is InChI=1S/C13H24N4/c1-9(12-6-5-7-17(4)8-12)14-13-10(2)15-16-11(13)3/h9,12,14H,5-8H2,1-4H3,(H,15,16). The van der Waals surface area contributed by atoms with E-state index in [1.807, 2.05) is 6.92 Å². The van der Waals surface area contributed by atoms with Gasteiger partial charge in [0.1, 0.15) is 0 Å². The molecule has 1 aliphatic rings. The zero-order valence-electron chi connectivity index (χ0n) is 11.4. The number of nitrogens with one attached hydrogen (secondary N) is 2. The van der Waals surface area contributed by atoms with E-state index in [2.05, 4.69) is 41.3 Å². The zero-order valence-corrected chi connectivity index (χ0v) is 11.4. The first-order chi connectivity index (χ1) is 8.08. The van der Waals surface area contributed by atoms with Gasteiger partial charge in [-0.3, -0.25) is 5.10 Å². The van der Waals surface area contributed by atoms with E-state index in [0.29, 0.717) is 6.04 Å². The Morgan fingerprint density at radius 1 is 1.47 bits per heavy atom. The molecule has 4 heteroatoms. The summed E-state index contributed by atoms with van der Waals surface area (Å²) >= 11 is 0. The normalized spacial score (nSPS) is 23.6. The number of aromatic nitrogens is 2. The third-order valence-electron chi connectivity index (χ3n) is 3.87. The molecule has 0 aliphatic carbocycles. The second-order valence-corrected chi connectivity index (χ2v) is 5.41. The number of aromatic amines is 1. The van der Waals surface area contributed by atoms with Gasteiger partial charge in [-0.25, -0.2) is 0 Å². The summed E-state index contributed by atoms with van der Waals surface area (Å²) in [5.74, 6) is 0.738. The van der Waals surface area contributed by atoms with E-state index in [1.165, 1.54) is 31.6 Å². The zero-order chi connectivity index (χ0) is 12.4. The molecule has 4 nitrogen and oxygen atoms in total. The lowest BCUT2D eigenvalue weighted by Crippen LogP contribution is -2.40. The molecule has 0 aromatic carbocycles. The molecule has 0 spiro atoms. The lowest BCUT2D eigenvalue weighted by Gasteiger charge is -2.34. The molecule has 1 aromatic rings. The Hall–Kier alpha value is -1.03. The summed E-state index contributed by atoms with van der Waals surface area (Å²) in [6, 6.07) is 0.507. The summed E-state index contributed by atoms with van der Waals surface area (Å²) in [6.45, 7) is 8.85. The fourth-order valence-electron chi connectivity index (χ4n) is 2.72. The Bertz CT molecular complexity index is 352. The molecule has 1 fully saturated rings. The van der Waals surface area contributed by atoms with Crippen LogP contribution in [0.3, 0.4) is 0 Å². The number of hydrogen-bond donors (Lipinski definition) is 2. The van der Waals surface area contributed by atoms with E-state index in [-0.39, 0.29) is 0 Å². The van der Waals surface area contributed by atoms with Crippen LogP contribution in [0.2, 0.25) is 0 Å². The lowest BCUT2D eigenvalue weighted by atomic mass is 9.91. The first-order valence-corrected chi connectivity index (χ1v) is 6.54. The number of aryl methyl sites for hydroxylation is 2. The summed E-state index contributed by atoms with van der Waals surface area (Å²) < 4.78 is 0. The molecule has 0 bridgehead atoms. The number of hydrogen-bond acceptors (Lipinski definition) is 3. The highest BCUT2D eigenvalue weighted by Gasteiger charge is 2.23. The molecule has 1 saturated heterocycles. The molecular formula is C13H24N4. The highest BCUT2D eigenvalue weighted by Crippen LogP contribution is 2.24. The SMILES string of the molecule is Cc1n[nH]c(C)c1NC(C)C1CCCN(C)C1. The average Bonchev–Trinajstić information content (AvgIpc) is 2.61. The number of rotatable bonds is 3. The van der Waals surface area contributed by atoms with Crippen molar-refractivity contribution >= 4 is 5.69 Å². The Morgan fingerprint density at radius 2 is 2.24 bits per heavy atom. The van der Waals surface area contributed by atoms with Gasteiger partial charge in [-0.05, 0) is 53.1 Å². The Morgan fingerprint density at radius 3 is 2.82 bits per heavy atom. The van der Waals surface area contributed by atoms with E-state index in [4.69, 9.17) is 0 Å². The molecule has 17 heavy (non-hydrogen) atoms. The second kappa shape index (κ2) is 5.08. The predicted molar refractivity (Wildman–Crippen MR) is 71.4 cm³/mol. The Balaban J connectivity index is 1.99. The number of likely N-dealkylation sites (tertiary alicyclic amines) is 1. The third kappa shape index (κ3) is 2.80. The first kappa shape index (κ1) is 12.4. The summed E-state index contributed by atoms with van der Waals surface area (Å²) in [5, 5.41) is 10.9. The van der Waals surface area contributed by atoms with Gasteiger partial charge in [0.05, 0.1) is 17.1 Å². The van der Waals surface area contributed by atoms with Crippen LogP contribution in [0.5, 0.6) is 0 Å². The highest BCUT2D eigenvalue weighted by molar-refractivity contribution is 5.52. The number of H-pyrrole nitrogens is 1. The quantitative estimate of drug-likeness (QED) is 0.845. The van der Waals surface area contributed by atoms with Crippen molar-refractivity contribution in [2.24, 2.45) is 5.92 Å². The molecule has 1 aliphatic heterocycles. The Labute approximate surface area is 104 Å². The minimum atomic E-state index is 0.507. The van der Waals surface area contributed by atoms with Crippen molar-refractivity contribution < 1.29 is 0 Å². The molecule has 2 unspecified atom stereocenters. The smallest absolute Gasteiger partial charge is 0.0825 e. The molecule has 96 valence electrons. The van der Waals surface area contributed by atoms with Crippen molar-refractivity contribution in [2.45, 2.75) is 39.7 Å². The van der Waals surface area contributed by atoms with Gasteiger partial charge in [0.15, 0.2) is 0 Å². The topological polar surface area (TPSA) is 44.0 Å². The van der Waals surface area contributed by atoms with Gasteiger partial charge in [0.2, 0.25) is 0 Å². The first-order valence-electron chi connectivity index (χ1n) is 6.54. The van der Waals surface area contributed by atoms with Gasteiger partial charge in [-0.2, -0.15) is 5.10 Å². The highest BCUT2D eigenvalue weighted by atomic mass is 15.2. The molecule has 2 N–H and O–H groups in total. The third-order valence-corrected chi connectivity index (χ3v) is 3.87. The van der Waals surface area contributed by atoms with Crippen LogP contribution in [-0.2, 0) is 0 Å². The van der Waals surface area contributed by atoms with Crippen LogP contribution in [0.1, 0.15) is 31.2 Å². The molecule has 2 rings (SSSR count). The molecule has 1 aromatic heterocycles. The van der Waals surface area contributed by atoms with E-state index in [1.54, 1.807) is 0 Å². The van der Waals surface area contributed by atoms with Crippen LogP contribution in [0.25, 0.3) is 0 Å². The van der Waals surface area contributed by atoms with Gasteiger partial charge in [0.25, 0.3) is 0 Å². The molecular weight excluding hydrogens is 212 g/mol. The average molecular weight is 236 g/mol. The molecule has 2 heterocycles. The maximum Gasteiger partial charge on any atom is 0.0825 e. The summed E-state index contributed by atoms with van der Waals surface area (Å²) in [6.07, 6.45) is 2.64. The number of anilines is 1. The van der Waals surface area contributed by atoms with E-state index in [9.17, 15) is 0 Å². The molecule has 0 amide bonds. The maximum atomic E-state index is 4.23. The predicted octanol–water partition coefficient (Wildman–Crippen LogP) is 2.17. The Kier molecular flexibility index (Phi) is 3.72. The summed E-state index contributed by atoms with van der Waals surface area (Å²) in [7, 11) is 2.22. The minimum Gasteiger partial charge on any atom is -0.379 e. The van der Waals surface area contributed by atoms with Gasteiger partial charge in [-0.15, -0.1) is 0 Å². The van der Waals surface area contributed by atoms with E-state index < -0.39 is 0 Å². The van der Waals surface area contributed by atoms with Crippen molar-refractivity contribution in [3.8, 4) is 0 Å². The second-order valence-electron chi connectivity index (χ2n) is 5.41. The van der Waals surface area contributed by atoms with Crippen molar-refractivity contribution in [3.05, 3.63) is 11.4 Å². The fourth-order valence-corrected chi connectivity index (χ4v) is 2.72. The van der Waals surface area contributed by atoms with Crippen LogP contribution in [0.15, 0.2) is 0 Å². The van der Waals surface area contributed by atoms with Crippen LogP contribution < -0.4 is 5.32 Å². The van der Waals surface area contributed by atoms with Crippen LogP contribution >= 0.6 is 0 Å². The van der Waals surface area contributed by atoms with E-state index >= 15 is 0 Å². The van der Waals surface area contributed by atoms with Crippen molar-refractivity contribution in [1.29, 1.82) is 0 Å². The maximum absolute atomic E-state index is 4.23. The van der Waals surface area contributed by atoms with Gasteiger partial charge in [-0.1, -0.05) is 0 Å². The van der Waals surface area contributed by atoms with Gasteiger partial charge >= 0.3 is 0 Å². The number of nitrogens with zero attached hydrogens (tertiary/aromatic N) is 2. The number of piperidine rings is 1. The molecule has 0 radical (unpaired) electrons. The van der Waals surface area contributed by atoms with Gasteiger partial charge < -0.3 is 10.2 Å². The van der Waals surface area contributed by atoms with Crippen molar-refractivity contribution in [1.82, 2.24) is 15.1 Å². The fraction of sp³-hybridized carbons (Fsp3) is 0.769. The van der Waals surface area contributed by atoms with E-state index in [0.717, 1.165) is 17.3 Å². The van der Waals surface area contributed by atoms with Gasteiger partial charge in [0, 0.05) is 12.6 Å². The minimum absolute atomic E-state index is 0.507. The van der Waals surface area contributed by atoms with Crippen molar-refractivity contribution in [2.75, 3.05) is 25.5 Å².